The Morgan fingerprint density at radius 3 is 2.85 bits per heavy atom. The quantitative estimate of drug-likeness (QED) is 0.734. The van der Waals surface area contributed by atoms with Crippen LogP contribution in [0, 0.1) is 0 Å². The van der Waals surface area contributed by atoms with Crippen LogP contribution in [0.4, 0.5) is 0 Å². The molecule has 2 aromatic heterocycles. The van der Waals surface area contributed by atoms with Gasteiger partial charge >= 0.3 is 0 Å². The zero-order chi connectivity index (χ0) is 19.0. The zero-order valence-electron chi connectivity index (χ0n) is 15.3. The van der Waals surface area contributed by atoms with E-state index in [4.69, 9.17) is 11.6 Å². The van der Waals surface area contributed by atoms with Gasteiger partial charge in [0.05, 0.1) is 17.1 Å². The van der Waals surface area contributed by atoms with E-state index in [0.29, 0.717) is 18.1 Å². The molecule has 1 fully saturated rings. The third-order valence-corrected chi connectivity index (χ3v) is 5.22. The van der Waals surface area contributed by atoms with Gasteiger partial charge in [0.25, 0.3) is 0 Å². The minimum atomic E-state index is -0.0392. The van der Waals surface area contributed by atoms with Crippen LogP contribution < -0.4 is 5.32 Å². The van der Waals surface area contributed by atoms with Gasteiger partial charge in [0.15, 0.2) is 0 Å². The fraction of sp³-hybridized carbons (Fsp3) is 0.286. The van der Waals surface area contributed by atoms with Crippen molar-refractivity contribution in [3.05, 3.63) is 59.4 Å². The van der Waals surface area contributed by atoms with E-state index >= 15 is 0 Å². The van der Waals surface area contributed by atoms with Gasteiger partial charge in [-0.15, -0.1) is 0 Å². The van der Waals surface area contributed by atoms with E-state index < -0.39 is 0 Å². The van der Waals surface area contributed by atoms with Crippen molar-refractivity contribution in [3.63, 3.8) is 0 Å². The van der Waals surface area contributed by atoms with Crippen LogP contribution in [-0.4, -0.2) is 39.9 Å². The van der Waals surface area contributed by atoms with E-state index in [1.54, 1.807) is 13.1 Å². The Kier molecular flexibility index (Phi) is 4.81. The number of hydrogen-bond acceptors (Lipinski definition) is 4. The molecule has 0 bridgehead atoms. The predicted molar refractivity (Wildman–Crippen MR) is 108 cm³/mol. The van der Waals surface area contributed by atoms with E-state index in [0.717, 1.165) is 27.7 Å². The number of carbonyl (C=O) groups excluding carboxylic acids is 1. The fourth-order valence-electron chi connectivity index (χ4n) is 3.64. The number of nitrogens with zero attached hydrogens (tertiary/aromatic N) is 3. The Labute approximate surface area is 163 Å². The zero-order valence-corrected chi connectivity index (χ0v) is 16.1. The van der Waals surface area contributed by atoms with Crippen molar-refractivity contribution in [1.29, 1.82) is 0 Å². The van der Waals surface area contributed by atoms with Crippen LogP contribution in [-0.2, 0) is 4.79 Å². The normalized spacial score (nSPS) is 20.0. The van der Waals surface area contributed by atoms with E-state index in [1.165, 1.54) is 0 Å². The van der Waals surface area contributed by atoms with Crippen molar-refractivity contribution in [2.24, 2.45) is 0 Å². The summed E-state index contributed by atoms with van der Waals surface area (Å²) in [7, 11) is 0. The number of aromatic nitrogens is 2. The first-order valence-electron chi connectivity index (χ1n) is 9.03. The molecule has 1 aromatic carbocycles. The highest BCUT2D eigenvalue weighted by atomic mass is 35.5. The van der Waals surface area contributed by atoms with E-state index in [9.17, 15) is 4.79 Å². The van der Waals surface area contributed by atoms with Crippen molar-refractivity contribution in [3.8, 4) is 11.1 Å². The third kappa shape index (κ3) is 3.66. The molecule has 1 N–H and O–H groups in total. The first-order chi connectivity index (χ1) is 13.0. The van der Waals surface area contributed by atoms with Gasteiger partial charge in [-0.2, -0.15) is 0 Å². The SMILES string of the molecule is CC(=O)N1CC(C)NCC1c1cc(Cl)cc(-c2cnc3cccnc3c2)c1. The number of halogens is 1. The molecule has 1 aliphatic heterocycles. The average molecular weight is 381 g/mol. The second-order valence-corrected chi connectivity index (χ2v) is 7.47. The van der Waals surface area contributed by atoms with Crippen LogP contribution in [0.2, 0.25) is 5.02 Å². The first kappa shape index (κ1) is 17.9. The van der Waals surface area contributed by atoms with Gasteiger partial charge in [0, 0.05) is 49.0 Å². The van der Waals surface area contributed by atoms with Crippen molar-refractivity contribution < 1.29 is 4.79 Å². The molecule has 0 aliphatic carbocycles. The maximum atomic E-state index is 12.2. The molecular formula is C21H21ClN4O. The van der Waals surface area contributed by atoms with E-state index in [-0.39, 0.29) is 18.0 Å². The summed E-state index contributed by atoms with van der Waals surface area (Å²) in [6, 6.07) is 12.0. The van der Waals surface area contributed by atoms with Crippen LogP contribution in [0.25, 0.3) is 22.2 Å². The van der Waals surface area contributed by atoms with Gasteiger partial charge in [-0.05, 0) is 54.4 Å². The fourth-order valence-corrected chi connectivity index (χ4v) is 3.88. The lowest BCUT2D eigenvalue weighted by Gasteiger charge is -2.39. The number of piperazine rings is 1. The van der Waals surface area contributed by atoms with Crippen LogP contribution in [0.5, 0.6) is 0 Å². The molecule has 1 aliphatic rings. The van der Waals surface area contributed by atoms with Gasteiger partial charge in [0.1, 0.15) is 0 Å². The number of hydrogen-bond donors (Lipinski definition) is 1. The van der Waals surface area contributed by atoms with Crippen molar-refractivity contribution in [1.82, 2.24) is 20.2 Å². The van der Waals surface area contributed by atoms with Gasteiger partial charge in [-0.1, -0.05) is 11.6 Å². The van der Waals surface area contributed by atoms with Crippen LogP contribution in [0.15, 0.2) is 48.8 Å². The summed E-state index contributed by atoms with van der Waals surface area (Å²) in [4.78, 5) is 23.0. The number of amides is 1. The summed E-state index contributed by atoms with van der Waals surface area (Å²) in [6.45, 7) is 5.10. The molecule has 1 saturated heterocycles. The topological polar surface area (TPSA) is 58.1 Å². The lowest BCUT2D eigenvalue weighted by Crippen LogP contribution is -2.52. The molecule has 3 heterocycles. The number of pyridine rings is 2. The minimum absolute atomic E-state index is 0.0392. The molecule has 6 heteroatoms. The molecule has 0 radical (unpaired) electrons. The Morgan fingerprint density at radius 1 is 1.19 bits per heavy atom. The molecule has 138 valence electrons. The van der Waals surface area contributed by atoms with Crippen LogP contribution >= 0.6 is 11.6 Å². The maximum absolute atomic E-state index is 12.2. The van der Waals surface area contributed by atoms with E-state index in [1.807, 2.05) is 41.4 Å². The molecule has 4 rings (SSSR count). The molecule has 27 heavy (non-hydrogen) atoms. The molecule has 0 saturated carbocycles. The lowest BCUT2D eigenvalue weighted by atomic mass is 9.97. The smallest absolute Gasteiger partial charge is 0.220 e. The number of rotatable bonds is 2. The summed E-state index contributed by atoms with van der Waals surface area (Å²) >= 11 is 6.43. The summed E-state index contributed by atoms with van der Waals surface area (Å²) in [5.41, 5.74) is 4.65. The summed E-state index contributed by atoms with van der Waals surface area (Å²) in [5.74, 6) is 0.0754. The van der Waals surface area contributed by atoms with Crippen molar-refractivity contribution in [2.75, 3.05) is 13.1 Å². The Bertz CT molecular complexity index is 1010. The van der Waals surface area contributed by atoms with Crippen molar-refractivity contribution in [2.45, 2.75) is 25.9 Å². The first-order valence-corrected chi connectivity index (χ1v) is 9.41. The summed E-state index contributed by atoms with van der Waals surface area (Å²) in [5, 5.41) is 4.10. The third-order valence-electron chi connectivity index (χ3n) is 5.00. The Hall–Kier alpha value is -2.50. The molecule has 0 spiro atoms. The maximum Gasteiger partial charge on any atom is 0.220 e. The van der Waals surface area contributed by atoms with Crippen molar-refractivity contribution >= 4 is 28.5 Å². The highest BCUT2D eigenvalue weighted by Gasteiger charge is 2.29. The Morgan fingerprint density at radius 2 is 2.04 bits per heavy atom. The van der Waals surface area contributed by atoms with Gasteiger partial charge in [-0.25, -0.2) is 0 Å². The monoisotopic (exact) mass is 380 g/mol. The average Bonchev–Trinajstić information content (AvgIpc) is 2.67. The molecule has 1 amide bonds. The standard InChI is InChI=1S/C21H21ClN4O/c1-13-12-26(14(2)27)21(11-24-13)16-6-15(7-18(22)8-16)17-9-20-19(25-10-17)4-3-5-23-20/h3-10,13,21,24H,11-12H2,1-2H3. The lowest BCUT2D eigenvalue weighted by molar-refractivity contribution is -0.132. The predicted octanol–water partition coefficient (Wildman–Crippen LogP) is 3.83. The van der Waals surface area contributed by atoms with Crippen LogP contribution in [0.3, 0.4) is 0 Å². The highest BCUT2D eigenvalue weighted by molar-refractivity contribution is 6.31. The number of fused-ring (bicyclic) bond motifs is 1. The molecular weight excluding hydrogens is 360 g/mol. The number of benzene rings is 1. The van der Waals surface area contributed by atoms with Gasteiger partial charge in [-0.3, -0.25) is 14.8 Å². The second kappa shape index (κ2) is 7.25. The molecule has 2 atom stereocenters. The summed E-state index contributed by atoms with van der Waals surface area (Å²) < 4.78 is 0. The number of carbonyl (C=O) groups is 1. The van der Waals surface area contributed by atoms with Gasteiger partial charge < -0.3 is 10.2 Å². The molecule has 2 unspecified atom stereocenters. The molecule has 3 aromatic rings. The summed E-state index contributed by atoms with van der Waals surface area (Å²) in [6.07, 6.45) is 3.60. The minimum Gasteiger partial charge on any atom is -0.333 e. The molecule has 5 nitrogen and oxygen atoms in total. The highest BCUT2D eigenvalue weighted by Crippen LogP contribution is 2.32. The second-order valence-electron chi connectivity index (χ2n) is 7.04. The largest absolute Gasteiger partial charge is 0.333 e. The van der Waals surface area contributed by atoms with Crippen LogP contribution in [0.1, 0.15) is 25.5 Å². The van der Waals surface area contributed by atoms with Gasteiger partial charge in [0.2, 0.25) is 5.91 Å². The van der Waals surface area contributed by atoms with E-state index in [2.05, 4.69) is 28.3 Å². The Balaban J connectivity index is 1.75. The number of nitrogens with one attached hydrogen (secondary N) is 1.